The molecule has 1 heterocycles. The van der Waals surface area contributed by atoms with E-state index in [0.29, 0.717) is 12.1 Å². The molecule has 0 fully saturated rings. The van der Waals surface area contributed by atoms with Gasteiger partial charge in [0.05, 0.1) is 11.3 Å². The zero-order valence-electron chi connectivity index (χ0n) is 7.42. The Morgan fingerprint density at radius 1 is 1.00 bits per heavy atom. The van der Waals surface area contributed by atoms with E-state index >= 15 is 0 Å². The van der Waals surface area contributed by atoms with Crippen LogP contribution in [0.3, 0.4) is 0 Å². The SMILES string of the molecule is Fc1cc(F)c(-c2cccnn2)c(F)c1. The molecule has 0 spiro atoms. The Balaban J connectivity index is 2.64. The van der Waals surface area contributed by atoms with Crippen LogP contribution in [0.1, 0.15) is 0 Å². The fourth-order valence-electron chi connectivity index (χ4n) is 1.22. The minimum absolute atomic E-state index is 0.0347. The van der Waals surface area contributed by atoms with Crippen molar-refractivity contribution in [3.05, 3.63) is 47.9 Å². The predicted octanol–water partition coefficient (Wildman–Crippen LogP) is 2.56. The molecular weight excluding hydrogens is 205 g/mol. The molecule has 0 aliphatic heterocycles. The first-order valence-electron chi connectivity index (χ1n) is 4.11. The Labute approximate surface area is 83.4 Å². The molecule has 0 amide bonds. The lowest BCUT2D eigenvalue weighted by molar-refractivity contribution is 0.547. The highest BCUT2D eigenvalue weighted by Crippen LogP contribution is 2.24. The predicted molar refractivity (Wildman–Crippen MR) is 47.3 cm³/mol. The van der Waals surface area contributed by atoms with Crippen molar-refractivity contribution in [3.63, 3.8) is 0 Å². The van der Waals surface area contributed by atoms with E-state index < -0.39 is 17.5 Å². The first-order valence-corrected chi connectivity index (χ1v) is 4.11. The van der Waals surface area contributed by atoms with Crippen LogP contribution in [0.25, 0.3) is 11.3 Å². The summed E-state index contributed by atoms with van der Waals surface area (Å²) < 4.78 is 39.1. The Morgan fingerprint density at radius 3 is 2.20 bits per heavy atom. The highest BCUT2D eigenvalue weighted by molar-refractivity contribution is 5.59. The maximum absolute atomic E-state index is 13.2. The van der Waals surface area contributed by atoms with E-state index in [1.807, 2.05) is 0 Å². The van der Waals surface area contributed by atoms with Crippen LogP contribution in [0.15, 0.2) is 30.5 Å². The van der Waals surface area contributed by atoms with Crippen LogP contribution in [0.5, 0.6) is 0 Å². The largest absolute Gasteiger partial charge is 0.207 e. The molecule has 0 aliphatic rings. The van der Waals surface area contributed by atoms with Crippen molar-refractivity contribution in [1.29, 1.82) is 0 Å². The Kier molecular flexibility index (Phi) is 2.37. The van der Waals surface area contributed by atoms with Gasteiger partial charge in [-0.15, -0.1) is 0 Å². The highest BCUT2D eigenvalue weighted by atomic mass is 19.1. The van der Waals surface area contributed by atoms with Gasteiger partial charge in [-0.05, 0) is 12.1 Å². The summed E-state index contributed by atoms with van der Waals surface area (Å²) in [6.45, 7) is 0. The van der Waals surface area contributed by atoms with Gasteiger partial charge in [0.15, 0.2) is 0 Å². The van der Waals surface area contributed by atoms with Crippen molar-refractivity contribution in [2.75, 3.05) is 0 Å². The maximum atomic E-state index is 13.2. The van der Waals surface area contributed by atoms with Crippen LogP contribution in [0.4, 0.5) is 13.2 Å². The summed E-state index contributed by atoms with van der Waals surface area (Å²) in [7, 11) is 0. The molecule has 0 bridgehead atoms. The first-order chi connectivity index (χ1) is 7.18. The number of halogens is 3. The fourth-order valence-corrected chi connectivity index (χ4v) is 1.22. The zero-order chi connectivity index (χ0) is 10.8. The summed E-state index contributed by atoms with van der Waals surface area (Å²) >= 11 is 0. The number of hydrogen-bond acceptors (Lipinski definition) is 2. The third-order valence-corrected chi connectivity index (χ3v) is 1.84. The molecule has 76 valence electrons. The second-order valence-electron chi connectivity index (χ2n) is 2.85. The van der Waals surface area contributed by atoms with Gasteiger partial charge >= 0.3 is 0 Å². The molecule has 0 unspecified atom stereocenters. The number of nitrogens with zero attached hydrogens (tertiary/aromatic N) is 2. The fraction of sp³-hybridized carbons (Fsp3) is 0. The molecule has 0 radical (unpaired) electrons. The lowest BCUT2D eigenvalue weighted by atomic mass is 10.1. The standard InChI is InChI=1S/C10H5F3N2/c11-6-4-7(12)10(8(13)5-6)9-2-1-3-14-15-9/h1-5H. The van der Waals surface area contributed by atoms with Gasteiger partial charge < -0.3 is 0 Å². The van der Waals surface area contributed by atoms with Crippen LogP contribution in [0.2, 0.25) is 0 Å². The lowest BCUT2D eigenvalue weighted by Crippen LogP contribution is -1.95. The van der Waals surface area contributed by atoms with E-state index in [1.165, 1.54) is 18.3 Å². The van der Waals surface area contributed by atoms with Crippen molar-refractivity contribution in [3.8, 4) is 11.3 Å². The van der Waals surface area contributed by atoms with Crippen LogP contribution >= 0.6 is 0 Å². The Bertz CT molecular complexity index is 462. The summed E-state index contributed by atoms with van der Waals surface area (Å²) in [5.74, 6) is -2.95. The van der Waals surface area contributed by atoms with Gasteiger partial charge in [0, 0.05) is 18.3 Å². The molecule has 0 N–H and O–H groups in total. The third-order valence-electron chi connectivity index (χ3n) is 1.84. The molecule has 5 heteroatoms. The summed E-state index contributed by atoms with van der Waals surface area (Å²) in [5.41, 5.74) is -0.336. The number of hydrogen-bond donors (Lipinski definition) is 0. The first kappa shape index (κ1) is 9.64. The van der Waals surface area contributed by atoms with Crippen molar-refractivity contribution in [2.45, 2.75) is 0 Å². The van der Waals surface area contributed by atoms with Gasteiger partial charge in [-0.2, -0.15) is 10.2 Å². The van der Waals surface area contributed by atoms with E-state index in [2.05, 4.69) is 10.2 Å². The summed E-state index contributed by atoms with van der Waals surface area (Å²) in [6.07, 6.45) is 1.38. The highest BCUT2D eigenvalue weighted by Gasteiger charge is 2.14. The molecule has 15 heavy (non-hydrogen) atoms. The average Bonchev–Trinajstić information content (AvgIpc) is 2.17. The van der Waals surface area contributed by atoms with Crippen molar-refractivity contribution >= 4 is 0 Å². The molecule has 1 aromatic heterocycles. The molecule has 2 nitrogen and oxygen atoms in total. The van der Waals surface area contributed by atoms with Crippen molar-refractivity contribution in [2.24, 2.45) is 0 Å². The van der Waals surface area contributed by atoms with Gasteiger partial charge in [-0.25, -0.2) is 13.2 Å². The molecule has 0 atom stereocenters. The normalized spacial score (nSPS) is 10.3. The van der Waals surface area contributed by atoms with Gasteiger partial charge in [-0.3, -0.25) is 0 Å². The van der Waals surface area contributed by atoms with Crippen LogP contribution in [0, 0.1) is 17.5 Å². The van der Waals surface area contributed by atoms with E-state index in [4.69, 9.17) is 0 Å². The Hall–Kier alpha value is -1.91. The molecule has 2 rings (SSSR count). The third kappa shape index (κ3) is 1.81. The summed E-state index contributed by atoms with van der Waals surface area (Å²) in [5, 5.41) is 7.04. The van der Waals surface area contributed by atoms with Crippen LogP contribution < -0.4 is 0 Å². The zero-order valence-corrected chi connectivity index (χ0v) is 7.42. The lowest BCUT2D eigenvalue weighted by Gasteiger charge is -2.03. The van der Waals surface area contributed by atoms with E-state index in [9.17, 15) is 13.2 Å². The minimum Gasteiger partial charge on any atom is -0.207 e. The summed E-state index contributed by atoms with van der Waals surface area (Å²) in [6, 6.07) is 4.09. The van der Waals surface area contributed by atoms with Gasteiger partial charge in [0.1, 0.15) is 17.5 Å². The van der Waals surface area contributed by atoms with Gasteiger partial charge in [-0.1, -0.05) is 0 Å². The monoisotopic (exact) mass is 210 g/mol. The van der Waals surface area contributed by atoms with Gasteiger partial charge in [0.2, 0.25) is 0 Å². The van der Waals surface area contributed by atoms with E-state index in [1.54, 1.807) is 0 Å². The topological polar surface area (TPSA) is 25.8 Å². The van der Waals surface area contributed by atoms with Crippen molar-refractivity contribution < 1.29 is 13.2 Å². The smallest absolute Gasteiger partial charge is 0.138 e. The molecule has 0 aliphatic carbocycles. The quantitative estimate of drug-likeness (QED) is 0.722. The van der Waals surface area contributed by atoms with Crippen LogP contribution in [-0.4, -0.2) is 10.2 Å². The van der Waals surface area contributed by atoms with Crippen LogP contribution in [-0.2, 0) is 0 Å². The molecule has 0 saturated heterocycles. The molecule has 1 aromatic carbocycles. The number of aromatic nitrogens is 2. The van der Waals surface area contributed by atoms with E-state index in [-0.39, 0.29) is 11.3 Å². The average molecular weight is 210 g/mol. The second kappa shape index (κ2) is 3.68. The Morgan fingerprint density at radius 2 is 1.67 bits per heavy atom. The van der Waals surface area contributed by atoms with E-state index in [0.717, 1.165) is 0 Å². The van der Waals surface area contributed by atoms with Gasteiger partial charge in [0.25, 0.3) is 0 Å². The molecular formula is C10H5F3N2. The molecule has 2 aromatic rings. The number of benzene rings is 1. The minimum atomic E-state index is -0.993. The summed E-state index contributed by atoms with van der Waals surface area (Å²) in [4.78, 5) is 0. The second-order valence-corrected chi connectivity index (χ2v) is 2.85. The van der Waals surface area contributed by atoms with Crippen molar-refractivity contribution in [1.82, 2.24) is 10.2 Å². The molecule has 0 saturated carbocycles. The maximum Gasteiger partial charge on any atom is 0.138 e. The number of rotatable bonds is 1.